The van der Waals surface area contributed by atoms with Gasteiger partial charge in [-0.15, -0.1) is 0 Å². The quantitative estimate of drug-likeness (QED) is 0.306. The standard InChI is InChI=1S/C16H21NO8S/c1-15(2,3)13(19)17(25-4)16(14(20)21,10-26(22,23)24)12(18)11-8-6-5-7-9-11/h5-9H,10H2,1-4H3,(H,20,21)(H,22,23,24)/t16-/m1/s1. The molecule has 0 aliphatic carbocycles. The first kappa shape index (κ1) is 21.7. The van der Waals surface area contributed by atoms with Gasteiger partial charge in [-0.05, 0) is 0 Å². The number of rotatable bonds is 7. The van der Waals surface area contributed by atoms with Crippen LogP contribution in [0.5, 0.6) is 0 Å². The Balaban J connectivity index is 3.76. The van der Waals surface area contributed by atoms with Crippen LogP contribution in [-0.2, 0) is 24.5 Å². The lowest BCUT2D eigenvalue weighted by atomic mass is 9.87. The first-order valence-corrected chi connectivity index (χ1v) is 9.05. The number of hydroxylamine groups is 2. The highest BCUT2D eigenvalue weighted by atomic mass is 32.2. The minimum absolute atomic E-state index is 0.165. The lowest BCUT2D eigenvalue weighted by Crippen LogP contribution is -2.66. The lowest BCUT2D eigenvalue weighted by molar-refractivity contribution is -0.212. The Morgan fingerprint density at radius 2 is 1.62 bits per heavy atom. The third kappa shape index (κ3) is 4.45. The Labute approximate surface area is 151 Å². The fourth-order valence-electron chi connectivity index (χ4n) is 2.27. The second-order valence-electron chi connectivity index (χ2n) is 6.62. The van der Waals surface area contributed by atoms with Gasteiger partial charge in [0.2, 0.25) is 11.3 Å². The van der Waals surface area contributed by atoms with Gasteiger partial charge in [-0.3, -0.25) is 19.0 Å². The zero-order valence-corrected chi connectivity index (χ0v) is 15.6. The largest absolute Gasteiger partial charge is 0.479 e. The molecule has 0 saturated heterocycles. The number of carbonyl (C=O) groups is 3. The first-order chi connectivity index (χ1) is 11.8. The van der Waals surface area contributed by atoms with Gasteiger partial charge in [0.1, 0.15) is 5.75 Å². The van der Waals surface area contributed by atoms with Crippen LogP contribution in [0, 0.1) is 5.41 Å². The lowest BCUT2D eigenvalue weighted by Gasteiger charge is -2.39. The summed E-state index contributed by atoms with van der Waals surface area (Å²) < 4.78 is 32.3. The average molecular weight is 387 g/mol. The van der Waals surface area contributed by atoms with Gasteiger partial charge < -0.3 is 5.11 Å². The maximum atomic E-state index is 13.0. The molecule has 1 amide bonds. The Kier molecular flexibility index (Phi) is 6.29. The van der Waals surface area contributed by atoms with Crippen LogP contribution in [0.15, 0.2) is 30.3 Å². The predicted molar refractivity (Wildman–Crippen MR) is 90.9 cm³/mol. The van der Waals surface area contributed by atoms with Crippen LogP contribution >= 0.6 is 0 Å². The van der Waals surface area contributed by atoms with Gasteiger partial charge in [0.05, 0.1) is 7.11 Å². The minimum Gasteiger partial charge on any atom is -0.479 e. The van der Waals surface area contributed by atoms with Gasteiger partial charge in [0, 0.05) is 11.0 Å². The minimum atomic E-state index is -4.99. The third-order valence-electron chi connectivity index (χ3n) is 3.51. The van der Waals surface area contributed by atoms with Gasteiger partial charge in [0.25, 0.3) is 16.0 Å². The molecule has 10 heteroatoms. The SMILES string of the molecule is CON(C(=O)C(C)(C)C)[C@@](CS(=O)(=O)O)(C(=O)O)C(=O)c1ccccc1. The van der Waals surface area contributed by atoms with E-state index in [1.165, 1.54) is 45.0 Å². The van der Waals surface area contributed by atoms with Crippen molar-refractivity contribution in [3.05, 3.63) is 35.9 Å². The highest BCUT2D eigenvalue weighted by molar-refractivity contribution is 7.85. The molecule has 1 aromatic carbocycles. The fourth-order valence-corrected chi connectivity index (χ4v) is 3.17. The topological polar surface area (TPSA) is 138 Å². The highest BCUT2D eigenvalue weighted by Gasteiger charge is 2.58. The van der Waals surface area contributed by atoms with Crippen molar-refractivity contribution in [1.82, 2.24) is 5.06 Å². The number of carboxylic acid groups (broad SMARTS) is 1. The van der Waals surface area contributed by atoms with E-state index in [1.54, 1.807) is 6.07 Å². The number of nitrogens with zero attached hydrogens (tertiary/aromatic N) is 1. The molecule has 0 spiro atoms. The summed E-state index contributed by atoms with van der Waals surface area (Å²) in [6.07, 6.45) is 0. The molecule has 0 saturated carbocycles. The van der Waals surface area contributed by atoms with E-state index in [-0.39, 0.29) is 10.6 Å². The summed E-state index contributed by atoms with van der Waals surface area (Å²) in [6.45, 7) is 4.32. The highest BCUT2D eigenvalue weighted by Crippen LogP contribution is 2.29. The molecule has 0 aliphatic rings. The Bertz CT molecular complexity index is 797. The van der Waals surface area contributed by atoms with E-state index in [0.29, 0.717) is 0 Å². The Morgan fingerprint density at radius 3 is 1.96 bits per heavy atom. The zero-order chi connectivity index (χ0) is 20.3. The molecular formula is C16H21NO8S. The van der Waals surface area contributed by atoms with Gasteiger partial charge >= 0.3 is 5.97 Å². The number of carbonyl (C=O) groups excluding carboxylic acids is 2. The number of Topliss-reactive ketones (excluding diaryl/α,β-unsaturated/α-hetero) is 1. The van der Waals surface area contributed by atoms with Crippen LogP contribution in [0.25, 0.3) is 0 Å². The molecule has 144 valence electrons. The molecule has 0 radical (unpaired) electrons. The zero-order valence-electron chi connectivity index (χ0n) is 14.8. The molecule has 0 heterocycles. The summed E-state index contributed by atoms with van der Waals surface area (Å²) in [6, 6.07) is 6.97. The summed E-state index contributed by atoms with van der Waals surface area (Å²) in [7, 11) is -4.06. The van der Waals surface area contributed by atoms with Crippen molar-refractivity contribution in [2.75, 3.05) is 12.9 Å². The summed E-state index contributed by atoms with van der Waals surface area (Å²) in [4.78, 5) is 42.6. The van der Waals surface area contributed by atoms with Gasteiger partial charge in [-0.2, -0.15) is 13.5 Å². The summed E-state index contributed by atoms with van der Waals surface area (Å²) in [5.74, 6) is -5.69. The maximum Gasteiger partial charge on any atom is 0.341 e. The van der Waals surface area contributed by atoms with Crippen molar-refractivity contribution in [2.45, 2.75) is 26.3 Å². The monoisotopic (exact) mass is 387 g/mol. The van der Waals surface area contributed by atoms with Crippen molar-refractivity contribution in [3.63, 3.8) is 0 Å². The second kappa shape index (κ2) is 7.52. The van der Waals surface area contributed by atoms with E-state index in [4.69, 9.17) is 4.84 Å². The molecule has 1 aromatic rings. The maximum absolute atomic E-state index is 13.0. The Hall–Kier alpha value is -2.30. The summed E-state index contributed by atoms with van der Waals surface area (Å²) >= 11 is 0. The Morgan fingerprint density at radius 1 is 1.12 bits per heavy atom. The molecule has 0 unspecified atom stereocenters. The first-order valence-electron chi connectivity index (χ1n) is 7.44. The molecule has 1 atom stereocenters. The van der Waals surface area contributed by atoms with E-state index in [2.05, 4.69) is 0 Å². The van der Waals surface area contributed by atoms with E-state index >= 15 is 0 Å². The number of ketones is 1. The molecule has 26 heavy (non-hydrogen) atoms. The predicted octanol–water partition coefficient (Wildman–Crippen LogP) is 1.02. The molecular weight excluding hydrogens is 366 g/mol. The molecule has 2 N–H and O–H groups in total. The smallest absolute Gasteiger partial charge is 0.341 e. The van der Waals surface area contributed by atoms with Crippen LogP contribution in [0.2, 0.25) is 0 Å². The van der Waals surface area contributed by atoms with Crippen molar-refractivity contribution < 1.29 is 37.3 Å². The van der Waals surface area contributed by atoms with E-state index < -0.39 is 44.5 Å². The van der Waals surface area contributed by atoms with E-state index in [0.717, 1.165) is 7.11 Å². The third-order valence-corrected chi connectivity index (χ3v) is 4.29. The van der Waals surface area contributed by atoms with Crippen molar-refractivity contribution in [3.8, 4) is 0 Å². The molecule has 0 aromatic heterocycles. The van der Waals surface area contributed by atoms with Crippen LogP contribution < -0.4 is 0 Å². The van der Waals surface area contributed by atoms with Crippen LogP contribution in [0.1, 0.15) is 31.1 Å². The number of benzene rings is 1. The van der Waals surface area contributed by atoms with Gasteiger partial charge in [0.15, 0.2) is 0 Å². The number of amides is 1. The van der Waals surface area contributed by atoms with Crippen molar-refractivity contribution in [1.29, 1.82) is 0 Å². The van der Waals surface area contributed by atoms with Crippen LogP contribution in [0.4, 0.5) is 0 Å². The van der Waals surface area contributed by atoms with E-state index in [1.807, 2.05) is 0 Å². The van der Waals surface area contributed by atoms with Gasteiger partial charge in [-0.25, -0.2) is 4.79 Å². The number of hydrogen-bond acceptors (Lipinski definition) is 6. The van der Waals surface area contributed by atoms with Gasteiger partial charge in [-0.1, -0.05) is 51.1 Å². The van der Waals surface area contributed by atoms with Crippen LogP contribution in [-0.4, -0.2) is 59.2 Å². The van der Waals surface area contributed by atoms with E-state index in [9.17, 15) is 32.5 Å². The normalized spacial score (nSPS) is 14.3. The summed E-state index contributed by atoms with van der Waals surface area (Å²) in [5, 5.41) is 9.97. The van der Waals surface area contributed by atoms with Crippen LogP contribution in [0.3, 0.4) is 0 Å². The molecule has 0 fully saturated rings. The molecule has 0 bridgehead atoms. The summed E-state index contributed by atoms with van der Waals surface area (Å²) in [5.41, 5.74) is -4.37. The fraction of sp³-hybridized carbons (Fsp3) is 0.438. The molecule has 0 aliphatic heterocycles. The molecule has 1 rings (SSSR count). The number of hydrogen-bond donors (Lipinski definition) is 2. The average Bonchev–Trinajstić information content (AvgIpc) is 2.52. The van der Waals surface area contributed by atoms with Crippen molar-refractivity contribution >= 4 is 27.8 Å². The second-order valence-corrected chi connectivity index (χ2v) is 8.07. The number of aliphatic carboxylic acids is 1. The van der Waals surface area contributed by atoms with Crippen molar-refractivity contribution in [2.24, 2.45) is 5.41 Å². The molecule has 9 nitrogen and oxygen atoms in total. The number of carboxylic acids is 1.